The van der Waals surface area contributed by atoms with Crippen LogP contribution in [0, 0.1) is 17.2 Å². The highest BCUT2D eigenvalue weighted by atomic mass is 32.2. The molecule has 0 spiro atoms. The molecule has 1 unspecified atom stereocenters. The van der Waals surface area contributed by atoms with Gasteiger partial charge >= 0.3 is 0 Å². The van der Waals surface area contributed by atoms with Crippen LogP contribution >= 0.6 is 11.9 Å². The largest absolute Gasteiger partial charge is 0.346 e. The zero-order valence-electron chi connectivity index (χ0n) is 16.7. The minimum absolute atomic E-state index is 0.499. The maximum atomic E-state index is 9.13. The number of nitriles is 1. The van der Waals surface area contributed by atoms with Crippen LogP contribution in [0.15, 0.2) is 66.0 Å². The van der Waals surface area contributed by atoms with E-state index in [9.17, 15) is 0 Å². The molecule has 0 radical (unpaired) electrons. The third-order valence-electron chi connectivity index (χ3n) is 5.66. The molecule has 0 aliphatic carbocycles. The first-order chi connectivity index (χ1) is 14.7. The van der Waals surface area contributed by atoms with Crippen LogP contribution in [0.3, 0.4) is 0 Å². The van der Waals surface area contributed by atoms with Crippen LogP contribution in [0.2, 0.25) is 0 Å². The predicted molar refractivity (Wildman–Crippen MR) is 119 cm³/mol. The highest BCUT2D eigenvalue weighted by Gasteiger charge is 2.30. The van der Waals surface area contributed by atoms with Gasteiger partial charge in [0.1, 0.15) is 0 Å². The maximum Gasteiger partial charge on any atom is 0.0992 e. The Morgan fingerprint density at radius 3 is 3.03 bits per heavy atom. The first-order valence-corrected chi connectivity index (χ1v) is 10.9. The summed E-state index contributed by atoms with van der Waals surface area (Å²) in [6.07, 6.45) is 6.96. The molecular formula is C23H22N6S. The molecule has 1 fully saturated rings. The number of pyridine rings is 1. The molecule has 0 saturated carbocycles. The fourth-order valence-corrected chi connectivity index (χ4v) is 5.33. The molecule has 2 atom stereocenters. The van der Waals surface area contributed by atoms with Gasteiger partial charge in [-0.15, -0.1) is 0 Å². The van der Waals surface area contributed by atoms with Gasteiger partial charge in [-0.3, -0.25) is 5.10 Å². The fourth-order valence-electron chi connectivity index (χ4n) is 4.19. The molecule has 1 aliphatic heterocycles. The van der Waals surface area contributed by atoms with E-state index in [1.807, 2.05) is 24.4 Å². The lowest BCUT2D eigenvalue weighted by Gasteiger charge is -2.19. The van der Waals surface area contributed by atoms with E-state index in [1.165, 1.54) is 5.52 Å². The van der Waals surface area contributed by atoms with E-state index in [1.54, 1.807) is 18.1 Å². The van der Waals surface area contributed by atoms with Crippen molar-refractivity contribution >= 4 is 23.0 Å². The van der Waals surface area contributed by atoms with Crippen molar-refractivity contribution in [2.75, 3.05) is 6.54 Å². The molecule has 0 amide bonds. The SMILES string of the molecule is C[C@@H]1CC(Cn2ccc3nc(-c4cn[nH]c4)ccc32)CN1Sc1cccc(C#N)c1. The van der Waals surface area contributed by atoms with Crippen LogP contribution in [0.4, 0.5) is 0 Å². The molecule has 150 valence electrons. The van der Waals surface area contributed by atoms with E-state index >= 15 is 0 Å². The lowest BCUT2D eigenvalue weighted by Crippen LogP contribution is -2.19. The molecule has 4 aromatic rings. The van der Waals surface area contributed by atoms with Gasteiger partial charge in [0.15, 0.2) is 0 Å². The third kappa shape index (κ3) is 3.72. The van der Waals surface area contributed by atoms with Gasteiger partial charge in [0, 0.05) is 42.0 Å². The Balaban J connectivity index is 1.29. The van der Waals surface area contributed by atoms with Crippen molar-refractivity contribution in [3.63, 3.8) is 0 Å². The molecule has 4 heterocycles. The number of fused-ring (bicyclic) bond motifs is 1. The molecule has 1 N–H and O–H groups in total. The summed E-state index contributed by atoms with van der Waals surface area (Å²) in [5.41, 5.74) is 4.83. The molecule has 3 aromatic heterocycles. The van der Waals surface area contributed by atoms with E-state index < -0.39 is 0 Å². The van der Waals surface area contributed by atoms with Gasteiger partial charge in [0.05, 0.1) is 34.6 Å². The highest BCUT2D eigenvalue weighted by molar-refractivity contribution is 7.97. The zero-order valence-corrected chi connectivity index (χ0v) is 17.5. The van der Waals surface area contributed by atoms with Crippen molar-refractivity contribution in [2.45, 2.75) is 30.8 Å². The van der Waals surface area contributed by atoms with Gasteiger partial charge in [0.2, 0.25) is 0 Å². The zero-order chi connectivity index (χ0) is 20.5. The van der Waals surface area contributed by atoms with Crippen molar-refractivity contribution in [1.82, 2.24) is 24.1 Å². The van der Waals surface area contributed by atoms with E-state index in [-0.39, 0.29) is 0 Å². The second-order valence-corrected chi connectivity index (χ2v) is 8.96. The number of benzene rings is 1. The van der Waals surface area contributed by atoms with Crippen LogP contribution in [-0.2, 0) is 6.54 Å². The lowest BCUT2D eigenvalue weighted by molar-refractivity contribution is 0.450. The van der Waals surface area contributed by atoms with Crippen molar-refractivity contribution in [3.8, 4) is 17.3 Å². The van der Waals surface area contributed by atoms with Crippen LogP contribution in [0.25, 0.3) is 22.3 Å². The minimum atomic E-state index is 0.499. The molecule has 6 nitrogen and oxygen atoms in total. The average Bonchev–Trinajstić information content (AvgIpc) is 3.50. The van der Waals surface area contributed by atoms with Crippen molar-refractivity contribution < 1.29 is 0 Å². The Labute approximate surface area is 179 Å². The third-order valence-corrected chi connectivity index (χ3v) is 6.87. The fraction of sp³-hybridized carbons (Fsp3) is 0.261. The van der Waals surface area contributed by atoms with E-state index in [4.69, 9.17) is 10.2 Å². The summed E-state index contributed by atoms with van der Waals surface area (Å²) >= 11 is 1.76. The molecule has 0 bridgehead atoms. The van der Waals surface area contributed by atoms with Crippen LogP contribution in [0.1, 0.15) is 18.9 Å². The number of aromatic nitrogens is 4. The second-order valence-electron chi connectivity index (χ2n) is 7.84. The van der Waals surface area contributed by atoms with E-state index in [0.717, 1.165) is 41.2 Å². The monoisotopic (exact) mass is 414 g/mol. The van der Waals surface area contributed by atoms with Gasteiger partial charge in [-0.05, 0) is 67.6 Å². The molecule has 1 aromatic carbocycles. The molecule has 7 heteroatoms. The summed E-state index contributed by atoms with van der Waals surface area (Å²) in [5, 5.41) is 16.0. The van der Waals surface area contributed by atoms with Gasteiger partial charge in [0.25, 0.3) is 0 Å². The van der Waals surface area contributed by atoms with Crippen molar-refractivity contribution in [2.24, 2.45) is 5.92 Å². The molecular weight excluding hydrogens is 392 g/mol. The molecule has 30 heavy (non-hydrogen) atoms. The Kier molecular flexibility index (Phi) is 5.03. The smallest absolute Gasteiger partial charge is 0.0992 e. The summed E-state index contributed by atoms with van der Waals surface area (Å²) < 4.78 is 4.77. The molecule has 1 aliphatic rings. The van der Waals surface area contributed by atoms with Crippen molar-refractivity contribution in [3.05, 3.63) is 66.6 Å². The highest BCUT2D eigenvalue weighted by Crippen LogP contribution is 2.35. The Morgan fingerprint density at radius 1 is 1.27 bits per heavy atom. The van der Waals surface area contributed by atoms with Gasteiger partial charge in [-0.1, -0.05) is 6.07 Å². The molecule has 1 saturated heterocycles. The number of aromatic amines is 1. The Bertz CT molecular complexity index is 1210. The number of rotatable bonds is 5. The van der Waals surface area contributed by atoms with Crippen LogP contribution < -0.4 is 0 Å². The normalized spacial score (nSPS) is 19.3. The Hall–Kier alpha value is -3.08. The maximum absolute atomic E-state index is 9.13. The topological polar surface area (TPSA) is 73.5 Å². The average molecular weight is 415 g/mol. The lowest BCUT2D eigenvalue weighted by atomic mass is 10.1. The number of hydrogen-bond donors (Lipinski definition) is 1. The second kappa shape index (κ2) is 7.98. The first kappa shape index (κ1) is 18.9. The van der Waals surface area contributed by atoms with Crippen LogP contribution in [-0.4, -0.2) is 36.6 Å². The molecule has 5 rings (SSSR count). The summed E-state index contributed by atoms with van der Waals surface area (Å²) in [6, 6.07) is 16.9. The van der Waals surface area contributed by atoms with Gasteiger partial charge in [-0.25, -0.2) is 9.29 Å². The minimum Gasteiger partial charge on any atom is -0.346 e. The number of hydrogen-bond acceptors (Lipinski definition) is 5. The number of nitrogens with zero attached hydrogens (tertiary/aromatic N) is 5. The summed E-state index contributed by atoms with van der Waals surface area (Å²) in [5.74, 6) is 0.579. The quantitative estimate of drug-likeness (QED) is 0.479. The van der Waals surface area contributed by atoms with Gasteiger partial charge in [-0.2, -0.15) is 10.4 Å². The van der Waals surface area contributed by atoms with Gasteiger partial charge < -0.3 is 4.57 Å². The summed E-state index contributed by atoms with van der Waals surface area (Å²) in [6.45, 7) is 4.30. The standard InChI is InChI=1S/C23H22N6S/c1-16-9-18(15-29(16)30-20-4-2-3-17(10-20)11-24)14-28-8-7-22-23(28)6-5-21(27-22)19-12-25-26-13-19/h2-8,10,12-13,16,18H,9,14-15H2,1H3,(H,25,26)/t16-,18?/m1/s1. The van der Waals surface area contributed by atoms with E-state index in [2.05, 4.69) is 62.5 Å². The Morgan fingerprint density at radius 2 is 2.20 bits per heavy atom. The van der Waals surface area contributed by atoms with E-state index in [0.29, 0.717) is 17.5 Å². The van der Waals surface area contributed by atoms with Crippen molar-refractivity contribution in [1.29, 1.82) is 5.26 Å². The predicted octanol–water partition coefficient (Wildman–Crippen LogP) is 4.72. The number of H-pyrrole nitrogens is 1. The summed E-state index contributed by atoms with van der Waals surface area (Å²) in [7, 11) is 0. The first-order valence-electron chi connectivity index (χ1n) is 10.1. The van der Waals surface area contributed by atoms with Crippen LogP contribution in [0.5, 0.6) is 0 Å². The summed E-state index contributed by atoms with van der Waals surface area (Å²) in [4.78, 5) is 5.92. The number of nitrogens with one attached hydrogen (secondary N) is 1.